The fraction of sp³-hybridized carbons (Fsp3) is 0.778. The van der Waals surface area contributed by atoms with Gasteiger partial charge in [-0.15, -0.1) is 6.58 Å². The molecule has 0 saturated heterocycles. The molecule has 6 nitrogen and oxygen atoms in total. The second-order valence-corrected chi connectivity index (χ2v) is 7.05. The maximum absolute atomic E-state index is 12.0. The predicted molar refractivity (Wildman–Crippen MR) is 94.0 cm³/mol. The molecular formula is C18H33NO5. The Balaban J connectivity index is 5.04. The van der Waals surface area contributed by atoms with Gasteiger partial charge in [-0.05, 0) is 46.0 Å². The summed E-state index contributed by atoms with van der Waals surface area (Å²) in [6.07, 6.45) is 4.56. The van der Waals surface area contributed by atoms with E-state index >= 15 is 0 Å². The Labute approximate surface area is 145 Å². The maximum Gasteiger partial charge on any atom is 0.408 e. The molecule has 0 aromatic carbocycles. The number of ether oxygens (including phenoxy) is 2. The first kappa shape index (κ1) is 22.4. The minimum Gasteiger partial charge on any atom is -0.480 e. The largest absolute Gasteiger partial charge is 0.480 e. The summed E-state index contributed by atoms with van der Waals surface area (Å²) in [5.74, 6) is -1.05. The highest BCUT2D eigenvalue weighted by molar-refractivity contribution is 5.80. The fourth-order valence-electron chi connectivity index (χ4n) is 2.60. The zero-order chi connectivity index (χ0) is 18.8. The maximum atomic E-state index is 12.0. The number of nitrogens with one attached hydrogen (secondary N) is 1. The average molecular weight is 343 g/mol. The summed E-state index contributed by atoms with van der Waals surface area (Å²) in [6.45, 7) is 11.3. The molecular weight excluding hydrogens is 310 g/mol. The van der Waals surface area contributed by atoms with Crippen LogP contribution in [-0.4, -0.2) is 42.5 Å². The third kappa shape index (κ3) is 9.55. The Morgan fingerprint density at radius 2 is 1.96 bits per heavy atom. The smallest absolute Gasteiger partial charge is 0.408 e. The van der Waals surface area contributed by atoms with Gasteiger partial charge in [0.1, 0.15) is 11.6 Å². The highest BCUT2D eigenvalue weighted by atomic mass is 16.6. The van der Waals surface area contributed by atoms with Gasteiger partial charge in [0.05, 0.1) is 6.61 Å². The van der Waals surface area contributed by atoms with Crippen molar-refractivity contribution in [1.82, 2.24) is 5.32 Å². The van der Waals surface area contributed by atoms with Gasteiger partial charge in [0.2, 0.25) is 0 Å². The summed E-state index contributed by atoms with van der Waals surface area (Å²) >= 11 is 0. The van der Waals surface area contributed by atoms with Crippen LogP contribution < -0.4 is 5.32 Å². The van der Waals surface area contributed by atoms with Crippen molar-refractivity contribution in [1.29, 1.82) is 0 Å². The van der Waals surface area contributed by atoms with Gasteiger partial charge in [-0.1, -0.05) is 19.4 Å². The number of rotatable bonds is 11. The predicted octanol–water partition coefficient (Wildman–Crippen LogP) is 3.61. The molecule has 0 fully saturated rings. The number of amides is 1. The Hall–Kier alpha value is -1.56. The lowest BCUT2D eigenvalue weighted by Crippen LogP contribution is -2.49. The van der Waals surface area contributed by atoms with E-state index in [9.17, 15) is 14.7 Å². The van der Waals surface area contributed by atoms with Crippen molar-refractivity contribution in [2.24, 2.45) is 11.8 Å². The van der Waals surface area contributed by atoms with Crippen LogP contribution in [0, 0.1) is 11.8 Å². The van der Waals surface area contributed by atoms with Gasteiger partial charge in [-0.3, -0.25) is 0 Å². The first-order valence-corrected chi connectivity index (χ1v) is 8.46. The van der Waals surface area contributed by atoms with E-state index in [1.165, 1.54) is 7.11 Å². The minimum atomic E-state index is -1.08. The van der Waals surface area contributed by atoms with Gasteiger partial charge in [-0.25, -0.2) is 9.59 Å². The van der Waals surface area contributed by atoms with Gasteiger partial charge >= 0.3 is 12.1 Å². The van der Waals surface area contributed by atoms with E-state index < -0.39 is 23.7 Å². The number of carbonyl (C=O) groups excluding carboxylic acids is 1. The molecule has 0 spiro atoms. The number of methoxy groups -OCH3 is 1. The van der Waals surface area contributed by atoms with Crippen LogP contribution in [-0.2, 0) is 14.3 Å². The van der Waals surface area contributed by atoms with Crippen LogP contribution in [0.5, 0.6) is 0 Å². The van der Waals surface area contributed by atoms with E-state index in [1.807, 2.05) is 6.08 Å². The molecule has 0 rings (SSSR count). The average Bonchev–Trinajstić information content (AvgIpc) is 2.46. The molecule has 0 saturated carbocycles. The van der Waals surface area contributed by atoms with Crippen molar-refractivity contribution in [3.05, 3.63) is 12.7 Å². The van der Waals surface area contributed by atoms with Crippen molar-refractivity contribution in [3.8, 4) is 0 Å². The summed E-state index contributed by atoms with van der Waals surface area (Å²) in [6, 6.07) is -1.04. The summed E-state index contributed by atoms with van der Waals surface area (Å²) in [4.78, 5) is 23.6. The van der Waals surface area contributed by atoms with Crippen molar-refractivity contribution in [2.75, 3.05) is 13.7 Å². The van der Waals surface area contributed by atoms with Gasteiger partial charge in [0, 0.05) is 13.0 Å². The monoisotopic (exact) mass is 343 g/mol. The van der Waals surface area contributed by atoms with Crippen molar-refractivity contribution >= 4 is 12.1 Å². The highest BCUT2D eigenvalue weighted by Crippen LogP contribution is 2.24. The zero-order valence-electron chi connectivity index (χ0n) is 15.6. The first-order valence-electron chi connectivity index (χ1n) is 8.46. The molecule has 3 atom stereocenters. The van der Waals surface area contributed by atoms with Crippen LogP contribution in [0.2, 0.25) is 0 Å². The number of allylic oxidation sites excluding steroid dienone is 1. The number of carboxylic acid groups (broad SMARTS) is 1. The summed E-state index contributed by atoms with van der Waals surface area (Å²) in [5, 5.41) is 12.0. The van der Waals surface area contributed by atoms with E-state index in [0.29, 0.717) is 12.3 Å². The fourth-order valence-corrected chi connectivity index (χ4v) is 2.60. The Morgan fingerprint density at radius 3 is 2.38 bits per heavy atom. The van der Waals surface area contributed by atoms with Gasteiger partial charge in [-0.2, -0.15) is 0 Å². The topological polar surface area (TPSA) is 84.9 Å². The van der Waals surface area contributed by atoms with E-state index in [-0.39, 0.29) is 12.5 Å². The van der Waals surface area contributed by atoms with Gasteiger partial charge in [0.15, 0.2) is 0 Å². The van der Waals surface area contributed by atoms with Crippen LogP contribution in [0.4, 0.5) is 4.79 Å². The molecule has 0 aromatic heterocycles. The molecule has 24 heavy (non-hydrogen) atoms. The van der Waals surface area contributed by atoms with Crippen molar-refractivity contribution < 1.29 is 24.2 Å². The van der Waals surface area contributed by atoms with Gasteiger partial charge in [0.25, 0.3) is 0 Å². The molecule has 2 unspecified atom stereocenters. The van der Waals surface area contributed by atoms with E-state index in [4.69, 9.17) is 9.47 Å². The summed E-state index contributed by atoms with van der Waals surface area (Å²) in [5.41, 5.74) is -0.681. The number of carbonyl (C=O) groups is 2. The van der Waals surface area contributed by atoms with Crippen LogP contribution in [0.15, 0.2) is 12.7 Å². The van der Waals surface area contributed by atoms with Crippen molar-refractivity contribution in [2.45, 2.75) is 65.0 Å². The Kier molecular flexibility index (Phi) is 10.4. The third-order valence-corrected chi connectivity index (χ3v) is 3.78. The van der Waals surface area contributed by atoms with Crippen LogP contribution >= 0.6 is 0 Å². The quantitative estimate of drug-likeness (QED) is 0.560. The normalized spacial score (nSPS) is 15.2. The minimum absolute atomic E-state index is 0.261. The van der Waals surface area contributed by atoms with Gasteiger partial charge < -0.3 is 19.9 Å². The number of hydrogen-bond donors (Lipinski definition) is 2. The van der Waals surface area contributed by atoms with Crippen LogP contribution in [0.1, 0.15) is 53.4 Å². The molecule has 2 N–H and O–H groups in total. The molecule has 0 heterocycles. The number of carboxylic acids is 1. The Bertz CT molecular complexity index is 403. The molecule has 0 aliphatic heterocycles. The van der Waals surface area contributed by atoms with Crippen molar-refractivity contribution in [3.63, 3.8) is 0 Å². The first-order chi connectivity index (χ1) is 11.1. The molecule has 1 amide bonds. The number of aliphatic carboxylic acids is 1. The third-order valence-electron chi connectivity index (χ3n) is 3.78. The lowest BCUT2D eigenvalue weighted by Gasteiger charge is -2.29. The lowest BCUT2D eigenvalue weighted by molar-refractivity contribution is -0.141. The second kappa shape index (κ2) is 11.1. The Morgan fingerprint density at radius 1 is 1.33 bits per heavy atom. The van der Waals surface area contributed by atoms with Crippen LogP contribution in [0.25, 0.3) is 0 Å². The van der Waals surface area contributed by atoms with Crippen LogP contribution in [0.3, 0.4) is 0 Å². The summed E-state index contributed by atoms with van der Waals surface area (Å²) < 4.78 is 10.4. The molecule has 0 radical (unpaired) electrons. The molecule has 0 bridgehead atoms. The number of hydrogen-bond acceptors (Lipinski definition) is 4. The summed E-state index contributed by atoms with van der Waals surface area (Å²) in [7, 11) is 1.53. The van der Waals surface area contributed by atoms with E-state index in [1.54, 1.807) is 20.8 Å². The number of alkyl carbamates (subject to hydrolysis) is 1. The van der Waals surface area contributed by atoms with E-state index in [0.717, 1.165) is 19.3 Å². The second-order valence-electron chi connectivity index (χ2n) is 7.05. The molecule has 0 aliphatic rings. The molecule has 6 heteroatoms. The zero-order valence-corrected chi connectivity index (χ0v) is 15.6. The highest BCUT2D eigenvalue weighted by Gasteiger charge is 2.32. The molecule has 140 valence electrons. The SMILES string of the molecule is C=CCCC(CC)C[C@@H](COC)C(NC(=O)OC(C)(C)C)C(=O)O. The van der Waals surface area contributed by atoms with E-state index in [2.05, 4.69) is 18.8 Å². The standard InChI is InChI=1S/C18H33NO5/c1-7-9-10-13(8-2)11-14(12-23-6)15(16(20)21)19-17(22)24-18(3,4)5/h7,13-15H,1,8-12H2,2-6H3,(H,19,22)(H,20,21)/t13?,14-,15?/m0/s1. The lowest BCUT2D eigenvalue weighted by atomic mass is 9.85. The molecule has 0 aliphatic carbocycles. The molecule has 0 aromatic rings.